The number of nitrogens with one attached hydrogen (secondary N) is 3. The molecule has 1 aliphatic heterocycles. The van der Waals surface area contributed by atoms with Crippen LogP contribution in [0.2, 0.25) is 0 Å². The molecule has 9 heteroatoms. The van der Waals surface area contributed by atoms with Crippen molar-refractivity contribution in [3.05, 3.63) is 66.2 Å². The highest BCUT2D eigenvalue weighted by molar-refractivity contribution is 6.11. The number of hydrogen-bond acceptors (Lipinski definition) is 7. The normalized spacial score (nSPS) is 13.4. The van der Waals surface area contributed by atoms with Crippen molar-refractivity contribution < 1.29 is 14.4 Å². The Kier molecular flexibility index (Phi) is 10.8. The molecule has 45 heavy (non-hydrogen) atoms. The number of nitrogens with zero attached hydrogens (tertiary/aromatic N) is 3. The van der Waals surface area contributed by atoms with Gasteiger partial charge in [0.05, 0.1) is 16.7 Å². The Labute approximate surface area is 265 Å². The Bertz CT molecular complexity index is 1660. The van der Waals surface area contributed by atoms with E-state index >= 15 is 0 Å². The van der Waals surface area contributed by atoms with Crippen molar-refractivity contribution in [2.75, 3.05) is 55.2 Å². The number of carbonyl (C=O) groups excluding carboxylic acids is 3. The van der Waals surface area contributed by atoms with Crippen molar-refractivity contribution in [1.82, 2.24) is 14.8 Å². The highest BCUT2D eigenvalue weighted by Crippen LogP contribution is 2.35. The third-order valence-electron chi connectivity index (χ3n) is 8.40. The largest absolute Gasteiger partial charge is 0.354 e. The Morgan fingerprint density at radius 3 is 1.91 bits per heavy atom. The van der Waals surface area contributed by atoms with Gasteiger partial charge in [-0.3, -0.25) is 14.4 Å². The first kappa shape index (κ1) is 32.1. The molecule has 0 unspecified atom stereocenters. The second-order valence-corrected chi connectivity index (χ2v) is 11.8. The summed E-state index contributed by atoms with van der Waals surface area (Å²) in [6.45, 7) is 11.3. The lowest BCUT2D eigenvalue weighted by atomic mass is 10.1. The summed E-state index contributed by atoms with van der Waals surface area (Å²) in [5.74, 6) is -0.0391. The van der Waals surface area contributed by atoms with Gasteiger partial charge in [0.1, 0.15) is 0 Å². The summed E-state index contributed by atoms with van der Waals surface area (Å²) in [6.07, 6.45) is 4.32. The zero-order valence-corrected chi connectivity index (χ0v) is 26.6. The summed E-state index contributed by atoms with van der Waals surface area (Å²) in [5, 5.41) is 11.4. The summed E-state index contributed by atoms with van der Waals surface area (Å²) < 4.78 is 0. The van der Waals surface area contributed by atoms with Crippen LogP contribution in [0.25, 0.3) is 21.8 Å². The Morgan fingerprint density at radius 1 is 0.778 bits per heavy atom. The maximum Gasteiger partial charge on any atom is 0.225 e. The maximum atomic E-state index is 12.8. The number of Topliss-reactive ketones (excluding diaryl/α,β-unsaturated/α-hetero) is 1. The number of likely N-dealkylation sites (tertiary alicyclic amines) is 1. The molecule has 9 nitrogen and oxygen atoms in total. The van der Waals surface area contributed by atoms with E-state index in [2.05, 4.69) is 39.6 Å². The molecule has 5 rings (SSSR count). The molecular weight excluding hydrogens is 564 g/mol. The molecular formula is C36H44N6O3. The number of ketones is 1. The van der Waals surface area contributed by atoms with Gasteiger partial charge >= 0.3 is 0 Å². The van der Waals surface area contributed by atoms with Crippen LogP contribution < -0.4 is 16.0 Å². The number of benzene rings is 3. The highest BCUT2D eigenvalue weighted by atomic mass is 16.2. The minimum absolute atomic E-state index is 0.0127. The molecule has 0 radical (unpaired) electrons. The third-order valence-corrected chi connectivity index (χ3v) is 8.40. The Morgan fingerprint density at radius 2 is 1.36 bits per heavy atom. The summed E-state index contributed by atoms with van der Waals surface area (Å²) in [4.78, 5) is 47.0. The molecule has 4 aromatic rings. The first-order chi connectivity index (χ1) is 21.8. The van der Waals surface area contributed by atoms with Gasteiger partial charge in [-0.25, -0.2) is 4.98 Å². The number of rotatable bonds is 14. The molecule has 0 atom stereocenters. The van der Waals surface area contributed by atoms with Crippen molar-refractivity contribution in [3.63, 3.8) is 0 Å². The number of carbonyl (C=O) groups is 3. The van der Waals surface area contributed by atoms with E-state index in [0.29, 0.717) is 40.8 Å². The fourth-order valence-corrected chi connectivity index (χ4v) is 5.89. The van der Waals surface area contributed by atoms with Gasteiger partial charge in [-0.2, -0.15) is 0 Å². The van der Waals surface area contributed by atoms with E-state index in [1.807, 2.05) is 48.5 Å². The summed E-state index contributed by atoms with van der Waals surface area (Å²) in [5.41, 5.74) is 5.13. The number of aromatic nitrogens is 1. The molecule has 2 amide bonds. The fraction of sp³-hybridized carbons (Fsp3) is 0.389. The van der Waals surface area contributed by atoms with Crippen molar-refractivity contribution in [3.8, 4) is 0 Å². The topological polar surface area (TPSA) is 107 Å². The van der Waals surface area contributed by atoms with Gasteiger partial charge in [0.15, 0.2) is 5.78 Å². The maximum absolute atomic E-state index is 12.8. The average Bonchev–Trinajstić information content (AvgIpc) is 3.56. The SMILES string of the molecule is CCCN(CC)CCC(=O)Nc1ccc2c(Nc3ccc(C(C)=O)cc3)c3ccc(NC(=O)CCN4CCCC4)cc3nc2c1. The number of anilines is 4. The van der Waals surface area contributed by atoms with Crippen LogP contribution in [-0.2, 0) is 9.59 Å². The van der Waals surface area contributed by atoms with Crippen LogP contribution in [0, 0.1) is 0 Å². The van der Waals surface area contributed by atoms with Crippen LogP contribution in [0.5, 0.6) is 0 Å². The number of pyridine rings is 1. The lowest BCUT2D eigenvalue weighted by molar-refractivity contribution is -0.117. The molecule has 1 saturated heterocycles. The van der Waals surface area contributed by atoms with Crippen LogP contribution in [0.1, 0.15) is 63.2 Å². The Hall–Kier alpha value is -4.34. The molecule has 3 N–H and O–H groups in total. The molecule has 2 heterocycles. The monoisotopic (exact) mass is 608 g/mol. The predicted octanol–water partition coefficient (Wildman–Crippen LogP) is 6.82. The Balaban J connectivity index is 1.42. The number of hydrogen-bond donors (Lipinski definition) is 3. The lowest BCUT2D eigenvalue weighted by Crippen LogP contribution is -2.28. The minimum atomic E-state index is -0.0347. The van der Waals surface area contributed by atoms with Crippen molar-refractivity contribution in [2.24, 2.45) is 0 Å². The van der Waals surface area contributed by atoms with Gasteiger partial charge < -0.3 is 25.8 Å². The quantitative estimate of drug-likeness (QED) is 0.107. The fourth-order valence-electron chi connectivity index (χ4n) is 5.89. The molecule has 236 valence electrons. The summed E-state index contributed by atoms with van der Waals surface area (Å²) in [6, 6.07) is 18.9. The van der Waals surface area contributed by atoms with E-state index in [1.165, 1.54) is 12.8 Å². The van der Waals surface area contributed by atoms with E-state index in [9.17, 15) is 14.4 Å². The van der Waals surface area contributed by atoms with Gasteiger partial charge in [-0.05, 0) is 113 Å². The van der Waals surface area contributed by atoms with Crippen molar-refractivity contribution >= 4 is 62.2 Å². The zero-order valence-electron chi connectivity index (χ0n) is 26.6. The van der Waals surface area contributed by atoms with E-state index in [0.717, 1.165) is 67.8 Å². The predicted molar refractivity (Wildman–Crippen MR) is 184 cm³/mol. The molecule has 1 fully saturated rings. The van der Waals surface area contributed by atoms with Crippen LogP contribution in [0.15, 0.2) is 60.7 Å². The second-order valence-electron chi connectivity index (χ2n) is 11.8. The van der Waals surface area contributed by atoms with Gasteiger partial charge in [0.25, 0.3) is 0 Å². The molecule has 0 saturated carbocycles. The van der Waals surface area contributed by atoms with Crippen LogP contribution in [-0.4, -0.2) is 71.6 Å². The summed E-state index contributed by atoms with van der Waals surface area (Å²) in [7, 11) is 0. The number of amides is 2. The van der Waals surface area contributed by atoms with Gasteiger partial charge in [0, 0.05) is 59.3 Å². The first-order valence-corrected chi connectivity index (χ1v) is 16.1. The van der Waals surface area contributed by atoms with E-state index in [1.54, 1.807) is 19.1 Å². The van der Waals surface area contributed by atoms with Gasteiger partial charge in [-0.1, -0.05) is 13.8 Å². The standard InChI is InChI=1S/C36H44N6O3/c1-4-18-41(5-2)21-16-34(44)37-28-12-14-30-32(23-28)40-33-24-29(38-35(45)17-22-42-19-6-7-20-42)13-15-31(33)36(30)39-27-10-8-26(9-11-27)25(3)43/h8-15,23-24H,4-7,16-22H2,1-3H3,(H,37,44)(H,38,45)(H,39,40). The molecule has 1 aliphatic rings. The van der Waals surface area contributed by atoms with Crippen molar-refractivity contribution in [1.29, 1.82) is 0 Å². The van der Waals surface area contributed by atoms with Crippen LogP contribution in [0.3, 0.4) is 0 Å². The minimum Gasteiger partial charge on any atom is -0.354 e. The molecule has 1 aromatic heterocycles. The zero-order chi connectivity index (χ0) is 31.8. The van der Waals surface area contributed by atoms with Gasteiger partial charge in [0.2, 0.25) is 11.8 Å². The molecule has 0 bridgehead atoms. The smallest absolute Gasteiger partial charge is 0.225 e. The van der Waals surface area contributed by atoms with Gasteiger partial charge in [-0.15, -0.1) is 0 Å². The second kappa shape index (κ2) is 15.1. The van der Waals surface area contributed by atoms with Crippen molar-refractivity contribution in [2.45, 2.75) is 52.9 Å². The van der Waals surface area contributed by atoms with E-state index in [-0.39, 0.29) is 17.6 Å². The van der Waals surface area contributed by atoms with Crippen LogP contribution >= 0.6 is 0 Å². The molecule has 0 spiro atoms. The third kappa shape index (κ3) is 8.44. The van der Waals surface area contributed by atoms with E-state index < -0.39 is 0 Å². The highest BCUT2D eigenvalue weighted by Gasteiger charge is 2.16. The summed E-state index contributed by atoms with van der Waals surface area (Å²) >= 11 is 0. The van der Waals surface area contributed by atoms with E-state index in [4.69, 9.17) is 4.98 Å². The lowest BCUT2D eigenvalue weighted by Gasteiger charge is -2.19. The number of fused-ring (bicyclic) bond motifs is 2. The average molecular weight is 609 g/mol. The first-order valence-electron chi connectivity index (χ1n) is 16.1. The van der Waals surface area contributed by atoms with Crippen LogP contribution in [0.4, 0.5) is 22.7 Å². The molecule has 3 aromatic carbocycles. The molecule has 0 aliphatic carbocycles.